The highest BCUT2D eigenvalue weighted by molar-refractivity contribution is 7.92. The highest BCUT2D eigenvalue weighted by Crippen LogP contribution is 2.27. The Bertz CT molecular complexity index is 793. The van der Waals surface area contributed by atoms with Crippen LogP contribution in [0, 0.1) is 18.3 Å². The molecule has 0 radical (unpaired) electrons. The molecule has 0 spiro atoms. The molecule has 0 amide bonds. The lowest BCUT2D eigenvalue weighted by Crippen LogP contribution is -2.14. The van der Waals surface area contributed by atoms with Crippen LogP contribution in [-0.4, -0.2) is 20.5 Å². The molecule has 0 atom stereocenters. The normalized spacial score (nSPS) is 10.7. The number of nitriles is 1. The van der Waals surface area contributed by atoms with Gasteiger partial charge in [-0.1, -0.05) is 6.07 Å². The number of aromatic nitrogens is 1. The molecule has 1 aromatic carbocycles. The van der Waals surface area contributed by atoms with Crippen LogP contribution in [-0.2, 0) is 10.0 Å². The van der Waals surface area contributed by atoms with Crippen LogP contribution in [0.4, 0.5) is 5.69 Å². The Morgan fingerprint density at radius 3 is 2.62 bits per heavy atom. The van der Waals surface area contributed by atoms with E-state index in [9.17, 15) is 8.42 Å². The Morgan fingerprint density at radius 2 is 2.05 bits per heavy atom. The lowest BCUT2D eigenvalue weighted by Gasteiger charge is -2.12. The molecule has 0 aliphatic heterocycles. The van der Waals surface area contributed by atoms with E-state index in [1.54, 1.807) is 12.1 Å². The first-order chi connectivity index (χ1) is 9.96. The third-order valence-corrected chi connectivity index (χ3v) is 4.11. The molecule has 21 heavy (non-hydrogen) atoms. The molecule has 0 aliphatic rings. The molecule has 1 N–H and O–H groups in total. The van der Waals surface area contributed by atoms with E-state index in [0.29, 0.717) is 11.4 Å². The number of rotatable bonds is 4. The molecule has 0 bridgehead atoms. The van der Waals surface area contributed by atoms with Gasteiger partial charge in [-0.05, 0) is 36.8 Å². The summed E-state index contributed by atoms with van der Waals surface area (Å²) in [7, 11) is -2.33. The molecule has 0 aliphatic carbocycles. The summed E-state index contributed by atoms with van der Waals surface area (Å²) in [6.07, 6.45) is 1.14. The number of nitrogens with zero attached hydrogens (tertiary/aromatic N) is 2. The predicted octanol–water partition coefficient (Wildman–Crippen LogP) is 2.07. The molecule has 0 fully saturated rings. The maximum absolute atomic E-state index is 12.3. The van der Waals surface area contributed by atoms with E-state index in [1.807, 2.05) is 19.1 Å². The van der Waals surface area contributed by atoms with Gasteiger partial charge in [-0.3, -0.25) is 4.72 Å². The lowest BCUT2D eigenvalue weighted by atomic mass is 10.2. The molecule has 108 valence electrons. The van der Waals surface area contributed by atoms with Crippen LogP contribution in [0.15, 0.2) is 41.4 Å². The van der Waals surface area contributed by atoms with Gasteiger partial charge in [-0.25, -0.2) is 13.4 Å². The second-order valence-electron chi connectivity index (χ2n) is 4.30. The van der Waals surface area contributed by atoms with Crippen LogP contribution in [0.2, 0.25) is 0 Å². The van der Waals surface area contributed by atoms with E-state index < -0.39 is 10.0 Å². The number of benzene rings is 1. The summed E-state index contributed by atoms with van der Waals surface area (Å²) >= 11 is 0. The molecule has 2 rings (SSSR count). The predicted molar refractivity (Wildman–Crippen MR) is 77.5 cm³/mol. The molecule has 0 unspecified atom stereocenters. The standard InChI is InChI=1S/C14H13N3O3S/c1-10-3-6-14(20-2)13(7-10)17-21(18,19)12-5-4-11(8-15)16-9-12/h3-7,9,17H,1-2H3. The van der Waals surface area contributed by atoms with E-state index >= 15 is 0 Å². The van der Waals surface area contributed by atoms with Gasteiger partial charge in [0, 0.05) is 6.20 Å². The maximum atomic E-state index is 12.3. The first kappa shape index (κ1) is 14.8. The number of anilines is 1. The molecule has 0 saturated heterocycles. The van der Waals surface area contributed by atoms with Gasteiger partial charge in [0.25, 0.3) is 10.0 Å². The second-order valence-corrected chi connectivity index (χ2v) is 5.98. The van der Waals surface area contributed by atoms with Crippen molar-refractivity contribution in [2.45, 2.75) is 11.8 Å². The van der Waals surface area contributed by atoms with Crippen molar-refractivity contribution < 1.29 is 13.2 Å². The van der Waals surface area contributed by atoms with E-state index in [1.165, 1.54) is 19.2 Å². The van der Waals surface area contributed by atoms with Crippen molar-refractivity contribution in [2.24, 2.45) is 0 Å². The molecule has 6 nitrogen and oxygen atoms in total. The van der Waals surface area contributed by atoms with Gasteiger partial charge >= 0.3 is 0 Å². The zero-order valence-corrected chi connectivity index (χ0v) is 12.3. The van der Waals surface area contributed by atoms with Crippen LogP contribution >= 0.6 is 0 Å². The second kappa shape index (κ2) is 5.81. The van der Waals surface area contributed by atoms with Gasteiger partial charge in [0.05, 0.1) is 12.8 Å². The molecule has 1 heterocycles. The van der Waals surface area contributed by atoms with Gasteiger partial charge in [-0.15, -0.1) is 0 Å². The van der Waals surface area contributed by atoms with E-state index in [4.69, 9.17) is 10.00 Å². The number of hydrogen-bond donors (Lipinski definition) is 1. The average molecular weight is 303 g/mol. The van der Waals surface area contributed by atoms with E-state index in [2.05, 4.69) is 9.71 Å². The highest BCUT2D eigenvalue weighted by atomic mass is 32.2. The summed E-state index contributed by atoms with van der Waals surface area (Å²) < 4.78 is 32.2. The van der Waals surface area contributed by atoms with Crippen molar-refractivity contribution in [1.82, 2.24) is 4.98 Å². The van der Waals surface area contributed by atoms with Gasteiger partial charge in [0.15, 0.2) is 0 Å². The molecule has 2 aromatic rings. The summed E-state index contributed by atoms with van der Waals surface area (Å²) in [6.45, 7) is 1.85. The Labute approximate surface area is 123 Å². The SMILES string of the molecule is COc1ccc(C)cc1NS(=O)(=O)c1ccc(C#N)nc1. The quantitative estimate of drug-likeness (QED) is 0.933. The van der Waals surface area contributed by atoms with Crippen molar-refractivity contribution >= 4 is 15.7 Å². The van der Waals surface area contributed by atoms with E-state index in [-0.39, 0.29) is 10.6 Å². The van der Waals surface area contributed by atoms with Gasteiger partial charge < -0.3 is 4.74 Å². The fourth-order valence-electron chi connectivity index (χ4n) is 1.71. The Kier molecular flexibility index (Phi) is 4.10. The summed E-state index contributed by atoms with van der Waals surface area (Å²) in [5, 5.41) is 8.67. The minimum atomic E-state index is -3.79. The number of methoxy groups -OCH3 is 1. The fraction of sp³-hybridized carbons (Fsp3) is 0.143. The lowest BCUT2D eigenvalue weighted by molar-refractivity contribution is 0.417. The Morgan fingerprint density at radius 1 is 1.29 bits per heavy atom. The number of nitrogens with one attached hydrogen (secondary N) is 1. The largest absolute Gasteiger partial charge is 0.495 e. The highest BCUT2D eigenvalue weighted by Gasteiger charge is 2.17. The first-order valence-electron chi connectivity index (χ1n) is 6.00. The smallest absolute Gasteiger partial charge is 0.263 e. The maximum Gasteiger partial charge on any atom is 0.263 e. The monoisotopic (exact) mass is 303 g/mol. The summed E-state index contributed by atoms with van der Waals surface area (Å²) in [6, 6.07) is 9.69. The zero-order chi connectivity index (χ0) is 15.5. The molecular weight excluding hydrogens is 290 g/mol. The summed E-state index contributed by atoms with van der Waals surface area (Å²) in [4.78, 5) is 3.73. The number of pyridine rings is 1. The van der Waals surface area contributed by atoms with Crippen LogP contribution in [0.3, 0.4) is 0 Å². The molecule has 7 heteroatoms. The van der Waals surface area contributed by atoms with Crippen molar-refractivity contribution in [3.63, 3.8) is 0 Å². The van der Waals surface area contributed by atoms with Crippen molar-refractivity contribution in [3.05, 3.63) is 47.8 Å². The fourth-order valence-corrected chi connectivity index (χ4v) is 2.72. The van der Waals surface area contributed by atoms with Crippen molar-refractivity contribution in [2.75, 3.05) is 11.8 Å². The third-order valence-electron chi connectivity index (χ3n) is 2.76. The topological polar surface area (TPSA) is 92.1 Å². The van der Waals surface area contributed by atoms with Gasteiger partial charge in [0.2, 0.25) is 0 Å². The minimum absolute atomic E-state index is 0.0231. The molecule has 0 saturated carbocycles. The number of aryl methyl sites for hydroxylation is 1. The zero-order valence-electron chi connectivity index (χ0n) is 11.5. The van der Waals surface area contributed by atoms with Crippen molar-refractivity contribution in [3.8, 4) is 11.8 Å². The van der Waals surface area contributed by atoms with Crippen molar-refractivity contribution in [1.29, 1.82) is 5.26 Å². The average Bonchev–Trinajstić information content (AvgIpc) is 2.47. The van der Waals surface area contributed by atoms with Crippen LogP contribution in [0.25, 0.3) is 0 Å². The number of ether oxygens (including phenoxy) is 1. The number of hydrogen-bond acceptors (Lipinski definition) is 5. The Hall–Kier alpha value is -2.59. The Balaban J connectivity index is 2.37. The van der Waals surface area contributed by atoms with Crippen LogP contribution in [0.1, 0.15) is 11.3 Å². The number of sulfonamides is 1. The van der Waals surface area contributed by atoms with Crippen LogP contribution in [0.5, 0.6) is 5.75 Å². The summed E-state index contributed by atoms with van der Waals surface area (Å²) in [5.74, 6) is 0.422. The third kappa shape index (κ3) is 3.30. The molecular formula is C14H13N3O3S. The molecule has 1 aromatic heterocycles. The van der Waals surface area contributed by atoms with Gasteiger partial charge in [0.1, 0.15) is 22.4 Å². The first-order valence-corrected chi connectivity index (χ1v) is 7.48. The summed E-state index contributed by atoms with van der Waals surface area (Å²) in [5.41, 5.74) is 1.40. The van der Waals surface area contributed by atoms with Gasteiger partial charge in [-0.2, -0.15) is 5.26 Å². The minimum Gasteiger partial charge on any atom is -0.495 e. The van der Waals surface area contributed by atoms with Crippen LogP contribution < -0.4 is 9.46 Å². The van der Waals surface area contributed by atoms with E-state index in [0.717, 1.165) is 11.8 Å².